The number of carbonyl (C=O) groups is 2. The molecular formula is C11H18N4O4. The first-order valence-electron chi connectivity index (χ1n) is 5.97. The van der Waals surface area contributed by atoms with Crippen molar-refractivity contribution in [3.05, 3.63) is 12.4 Å². The summed E-state index contributed by atoms with van der Waals surface area (Å²) in [6, 6.07) is -0.300. The van der Waals surface area contributed by atoms with Crippen LogP contribution in [0.3, 0.4) is 0 Å². The van der Waals surface area contributed by atoms with Crippen LogP contribution in [0.4, 0.5) is 10.5 Å². The number of anilines is 1. The maximum Gasteiger partial charge on any atom is 0.325 e. The minimum atomic E-state index is -1.00. The van der Waals surface area contributed by atoms with Crippen molar-refractivity contribution >= 4 is 17.7 Å². The number of aliphatic hydroxyl groups is 1. The highest BCUT2D eigenvalue weighted by molar-refractivity contribution is 5.89. The molecule has 2 amide bonds. The third kappa shape index (κ3) is 4.96. The van der Waals surface area contributed by atoms with E-state index in [1.165, 1.54) is 17.1 Å². The second-order valence-corrected chi connectivity index (χ2v) is 3.91. The average molecular weight is 270 g/mol. The molecule has 0 aliphatic rings. The molecule has 0 fully saturated rings. The van der Waals surface area contributed by atoms with Crippen molar-refractivity contribution in [1.82, 2.24) is 14.7 Å². The van der Waals surface area contributed by atoms with Crippen LogP contribution in [0.15, 0.2) is 12.4 Å². The first-order valence-corrected chi connectivity index (χ1v) is 5.97. The van der Waals surface area contributed by atoms with Crippen LogP contribution in [0.1, 0.15) is 13.3 Å². The van der Waals surface area contributed by atoms with Crippen LogP contribution in [-0.4, -0.2) is 56.6 Å². The van der Waals surface area contributed by atoms with E-state index in [0.717, 1.165) is 0 Å². The molecule has 19 heavy (non-hydrogen) atoms. The van der Waals surface area contributed by atoms with Gasteiger partial charge in [-0.2, -0.15) is 5.10 Å². The number of aliphatic hydroxyl groups excluding tert-OH is 1. The maximum atomic E-state index is 11.9. The van der Waals surface area contributed by atoms with Gasteiger partial charge >= 0.3 is 12.0 Å². The maximum absolute atomic E-state index is 11.9. The quantitative estimate of drug-likeness (QED) is 0.656. The van der Waals surface area contributed by atoms with Gasteiger partial charge in [0.15, 0.2) is 0 Å². The molecule has 0 radical (unpaired) electrons. The van der Waals surface area contributed by atoms with Gasteiger partial charge in [-0.15, -0.1) is 0 Å². The zero-order valence-electron chi connectivity index (χ0n) is 10.7. The van der Waals surface area contributed by atoms with Gasteiger partial charge in [-0.05, 0) is 13.3 Å². The molecule has 0 saturated carbocycles. The molecule has 0 saturated heterocycles. The number of nitrogens with one attached hydrogen (secondary N) is 1. The number of nitrogens with zero attached hydrogens (tertiary/aromatic N) is 3. The molecule has 0 aliphatic carbocycles. The van der Waals surface area contributed by atoms with Crippen molar-refractivity contribution in [3.63, 3.8) is 0 Å². The molecular weight excluding hydrogens is 252 g/mol. The predicted octanol–water partition coefficient (Wildman–Crippen LogP) is 0.204. The number of rotatable bonds is 7. The molecule has 8 heteroatoms. The van der Waals surface area contributed by atoms with E-state index in [9.17, 15) is 9.59 Å². The van der Waals surface area contributed by atoms with Crippen LogP contribution in [-0.2, 0) is 11.3 Å². The van der Waals surface area contributed by atoms with Crippen LogP contribution in [0.5, 0.6) is 0 Å². The third-order valence-electron chi connectivity index (χ3n) is 2.44. The first kappa shape index (κ1) is 15.0. The lowest BCUT2D eigenvalue weighted by atomic mass is 10.4. The van der Waals surface area contributed by atoms with E-state index in [0.29, 0.717) is 25.2 Å². The predicted molar refractivity (Wildman–Crippen MR) is 67.8 cm³/mol. The number of hydrogen-bond acceptors (Lipinski definition) is 4. The largest absolute Gasteiger partial charge is 0.480 e. The van der Waals surface area contributed by atoms with Gasteiger partial charge in [-0.25, -0.2) is 4.79 Å². The third-order valence-corrected chi connectivity index (χ3v) is 2.44. The van der Waals surface area contributed by atoms with Crippen molar-refractivity contribution in [2.24, 2.45) is 0 Å². The van der Waals surface area contributed by atoms with Gasteiger partial charge in [0.25, 0.3) is 0 Å². The van der Waals surface area contributed by atoms with Gasteiger partial charge in [-0.1, -0.05) is 0 Å². The fourth-order valence-electron chi connectivity index (χ4n) is 1.52. The molecule has 1 rings (SSSR count). The summed E-state index contributed by atoms with van der Waals surface area (Å²) >= 11 is 0. The van der Waals surface area contributed by atoms with Gasteiger partial charge in [0.1, 0.15) is 6.54 Å². The number of aromatic nitrogens is 2. The van der Waals surface area contributed by atoms with Crippen molar-refractivity contribution in [1.29, 1.82) is 0 Å². The molecule has 3 N–H and O–H groups in total. The summed E-state index contributed by atoms with van der Waals surface area (Å²) < 4.78 is 1.22. The van der Waals surface area contributed by atoms with Gasteiger partial charge in [0, 0.05) is 25.9 Å². The Morgan fingerprint density at radius 2 is 2.26 bits per heavy atom. The van der Waals surface area contributed by atoms with E-state index in [4.69, 9.17) is 10.2 Å². The second-order valence-electron chi connectivity index (χ2n) is 3.91. The number of carbonyl (C=O) groups excluding carboxylic acids is 1. The first-order chi connectivity index (χ1) is 9.06. The van der Waals surface area contributed by atoms with Crippen molar-refractivity contribution < 1.29 is 19.8 Å². The topological polar surface area (TPSA) is 108 Å². The van der Waals surface area contributed by atoms with Gasteiger partial charge in [-0.3, -0.25) is 9.48 Å². The summed E-state index contributed by atoms with van der Waals surface area (Å²) in [6.45, 7) is 2.60. The van der Waals surface area contributed by atoms with Gasteiger partial charge < -0.3 is 20.4 Å². The summed E-state index contributed by atoms with van der Waals surface area (Å²) in [6.07, 6.45) is 3.35. The minimum Gasteiger partial charge on any atom is -0.480 e. The zero-order chi connectivity index (χ0) is 14.3. The fourth-order valence-corrected chi connectivity index (χ4v) is 1.52. The Labute approximate surface area is 110 Å². The van der Waals surface area contributed by atoms with Gasteiger partial charge in [0.2, 0.25) is 0 Å². The summed E-state index contributed by atoms with van der Waals surface area (Å²) in [4.78, 5) is 23.9. The Morgan fingerprint density at radius 1 is 1.53 bits per heavy atom. The van der Waals surface area contributed by atoms with Crippen molar-refractivity contribution in [2.45, 2.75) is 19.9 Å². The molecule has 0 bridgehead atoms. The molecule has 1 heterocycles. The minimum absolute atomic E-state index is 0.0281. The normalized spacial score (nSPS) is 10.2. The fraction of sp³-hybridized carbons (Fsp3) is 0.545. The number of carboxylic acid groups (broad SMARTS) is 1. The Bertz CT molecular complexity index is 432. The highest BCUT2D eigenvalue weighted by Crippen LogP contribution is 2.06. The Hall–Kier alpha value is -2.09. The summed E-state index contributed by atoms with van der Waals surface area (Å²) in [5.41, 5.74) is 0.439. The van der Waals surface area contributed by atoms with Crippen LogP contribution in [0, 0.1) is 0 Å². The van der Waals surface area contributed by atoms with Crippen LogP contribution >= 0.6 is 0 Å². The number of hydrogen-bond donors (Lipinski definition) is 3. The van der Waals surface area contributed by atoms with Crippen molar-refractivity contribution in [2.75, 3.05) is 25.0 Å². The smallest absolute Gasteiger partial charge is 0.325 e. The SMILES string of the molecule is CCN(CCCO)C(=O)Nc1cnn(CC(=O)O)c1. The monoisotopic (exact) mass is 270 g/mol. The van der Waals surface area contributed by atoms with E-state index in [2.05, 4.69) is 10.4 Å². The molecule has 0 spiro atoms. The molecule has 1 aromatic heterocycles. The van der Waals surface area contributed by atoms with Crippen molar-refractivity contribution in [3.8, 4) is 0 Å². The molecule has 0 aromatic carbocycles. The molecule has 1 aromatic rings. The lowest BCUT2D eigenvalue weighted by Gasteiger charge is -2.20. The summed E-state index contributed by atoms with van der Waals surface area (Å²) in [7, 11) is 0. The molecule has 8 nitrogen and oxygen atoms in total. The lowest BCUT2D eigenvalue weighted by molar-refractivity contribution is -0.137. The average Bonchev–Trinajstić information content (AvgIpc) is 2.76. The molecule has 106 valence electrons. The highest BCUT2D eigenvalue weighted by Gasteiger charge is 2.12. The van der Waals surface area contributed by atoms with E-state index in [-0.39, 0.29) is 19.2 Å². The van der Waals surface area contributed by atoms with E-state index in [1.807, 2.05) is 6.92 Å². The zero-order valence-corrected chi connectivity index (χ0v) is 10.7. The molecule has 0 unspecified atom stereocenters. The Kier molecular flexibility index (Phi) is 5.80. The Balaban J connectivity index is 2.55. The standard InChI is InChI=1S/C11H18N4O4/c1-2-14(4-3-5-16)11(19)13-9-6-12-15(7-9)8-10(17)18/h6-7,16H,2-5,8H2,1H3,(H,13,19)(H,17,18). The summed E-state index contributed by atoms with van der Waals surface area (Å²) in [5, 5.41) is 23.8. The second kappa shape index (κ2) is 7.37. The Morgan fingerprint density at radius 3 is 2.84 bits per heavy atom. The number of carboxylic acids is 1. The van der Waals surface area contributed by atoms with Crippen LogP contribution < -0.4 is 5.32 Å². The number of urea groups is 1. The van der Waals surface area contributed by atoms with Gasteiger partial charge in [0.05, 0.1) is 11.9 Å². The lowest BCUT2D eigenvalue weighted by Crippen LogP contribution is -2.35. The summed E-state index contributed by atoms with van der Waals surface area (Å²) in [5.74, 6) is -1.00. The van der Waals surface area contributed by atoms with E-state index >= 15 is 0 Å². The van der Waals surface area contributed by atoms with E-state index < -0.39 is 5.97 Å². The highest BCUT2D eigenvalue weighted by atomic mass is 16.4. The number of aliphatic carboxylic acids is 1. The molecule has 0 atom stereocenters. The number of amides is 2. The van der Waals surface area contributed by atoms with Crippen LogP contribution in [0.25, 0.3) is 0 Å². The molecule has 0 aliphatic heterocycles. The van der Waals surface area contributed by atoms with E-state index in [1.54, 1.807) is 4.90 Å². The van der Waals surface area contributed by atoms with Crippen LogP contribution in [0.2, 0.25) is 0 Å².